The average molecular weight is 224 g/mol. The van der Waals surface area contributed by atoms with E-state index in [1.807, 2.05) is 17.4 Å². The standard InChI is InChI=1S/C12H20N2S/c1-4-6-14(5-2)9-11-7-12(8-13)15-10(11)3/h4,7H,1,5-6,8-9,13H2,2-3H3. The summed E-state index contributed by atoms with van der Waals surface area (Å²) in [6.45, 7) is 11.8. The fourth-order valence-corrected chi connectivity index (χ4v) is 2.51. The van der Waals surface area contributed by atoms with Crippen molar-refractivity contribution in [2.75, 3.05) is 13.1 Å². The molecule has 0 fully saturated rings. The first kappa shape index (κ1) is 12.4. The van der Waals surface area contributed by atoms with Crippen molar-refractivity contribution in [3.05, 3.63) is 34.0 Å². The van der Waals surface area contributed by atoms with Crippen molar-refractivity contribution in [2.24, 2.45) is 5.73 Å². The number of likely N-dealkylation sites (N-methyl/N-ethyl adjacent to an activating group) is 1. The van der Waals surface area contributed by atoms with Crippen LogP contribution in [0.25, 0.3) is 0 Å². The van der Waals surface area contributed by atoms with Crippen LogP contribution in [-0.4, -0.2) is 18.0 Å². The second-order valence-corrected chi connectivity index (χ2v) is 4.96. The quantitative estimate of drug-likeness (QED) is 0.752. The van der Waals surface area contributed by atoms with E-state index in [-0.39, 0.29) is 0 Å². The Labute approximate surface area is 96.4 Å². The van der Waals surface area contributed by atoms with Gasteiger partial charge in [-0.15, -0.1) is 17.9 Å². The minimum atomic E-state index is 0.652. The molecule has 2 N–H and O–H groups in total. The number of hydrogen-bond donors (Lipinski definition) is 1. The molecule has 0 bridgehead atoms. The van der Waals surface area contributed by atoms with Crippen LogP contribution in [0.15, 0.2) is 18.7 Å². The summed E-state index contributed by atoms with van der Waals surface area (Å²) in [7, 11) is 0. The van der Waals surface area contributed by atoms with E-state index >= 15 is 0 Å². The highest BCUT2D eigenvalue weighted by molar-refractivity contribution is 7.12. The summed E-state index contributed by atoms with van der Waals surface area (Å²) in [4.78, 5) is 5.03. The van der Waals surface area contributed by atoms with Crippen molar-refractivity contribution >= 4 is 11.3 Å². The van der Waals surface area contributed by atoms with Crippen molar-refractivity contribution in [1.82, 2.24) is 4.90 Å². The van der Waals surface area contributed by atoms with E-state index in [4.69, 9.17) is 5.73 Å². The van der Waals surface area contributed by atoms with Gasteiger partial charge in [-0.1, -0.05) is 13.0 Å². The Morgan fingerprint density at radius 3 is 2.80 bits per heavy atom. The van der Waals surface area contributed by atoms with Gasteiger partial charge in [-0.05, 0) is 25.1 Å². The minimum Gasteiger partial charge on any atom is -0.326 e. The highest BCUT2D eigenvalue weighted by atomic mass is 32.1. The lowest BCUT2D eigenvalue weighted by Crippen LogP contribution is -2.22. The molecule has 0 atom stereocenters. The fourth-order valence-electron chi connectivity index (χ4n) is 1.57. The summed E-state index contributed by atoms with van der Waals surface area (Å²) in [5.41, 5.74) is 7.04. The van der Waals surface area contributed by atoms with Crippen molar-refractivity contribution in [3.63, 3.8) is 0 Å². The third-order valence-electron chi connectivity index (χ3n) is 2.50. The van der Waals surface area contributed by atoms with E-state index in [1.54, 1.807) is 0 Å². The zero-order valence-corrected chi connectivity index (χ0v) is 10.4. The number of aryl methyl sites for hydroxylation is 1. The number of hydrogen-bond acceptors (Lipinski definition) is 3. The lowest BCUT2D eigenvalue weighted by atomic mass is 10.2. The van der Waals surface area contributed by atoms with Crippen LogP contribution in [-0.2, 0) is 13.1 Å². The molecule has 84 valence electrons. The zero-order valence-electron chi connectivity index (χ0n) is 9.62. The topological polar surface area (TPSA) is 29.3 Å². The molecule has 2 nitrogen and oxygen atoms in total. The fraction of sp³-hybridized carbons (Fsp3) is 0.500. The van der Waals surface area contributed by atoms with Crippen molar-refractivity contribution in [1.29, 1.82) is 0 Å². The Morgan fingerprint density at radius 1 is 1.60 bits per heavy atom. The minimum absolute atomic E-state index is 0.652. The van der Waals surface area contributed by atoms with Gasteiger partial charge in [-0.2, -0.15) is 0 Å². The summed E-state index contributed by atoms with van der Waals surface area (Å²) >= 11 is 1.81. The highest BCUT2D eigenvalue weighted by Gasteiger charge is 2.07. The van der Waals surface area contributed by atoms with Crippen LogP contribution in [0, 0.1) is 6.92 Å². The van der Waals surface area contributed by atoms with Crippen LogP contribution < -0.4 is 5.73 Å². The first-order valence-corrected chi connectivity index (χ1v) is 6.14. The molecule has 0 spiro atoms. The van der Waals surface area contributed by atoms with Gasteiger partial charge in [-0.3, -0.25) is 4.90 Å². The van der Waals surface area contributed by atoms with Crippen LogP contribution in [0.5, 0.6) is 0 Å². The van der Waals surface area contributed by atoms with E-state index in [0.29, 0.717) is 6.54 Å². The van der Waals surface area contributed by atoms with Gasteiger partial charge in [0.25, 0.3) is 0 Å². The maximum Gasteiger partial charge on any atom is 0.0274 e. The van der Waals surface area contributed by atoms with Crippen LogP contribution >= 0.6 is 11.3 Å². The molecule has 0 aliphatic carbocycles. The van der Waals surface area contributed by atoms with Gasteiger partial charge in [0.05, 0.1) is 0 Å². The van der Waals surface area contributed by atoms with E-state index in [9.17, 15) is 0 Å². The van der Waals surface area contributed by atoms with Gasteiger partial charge in [0.2, 0.25) is 0 Å². The van der Waals surface area contributed by atoms with E-state index in [1.165, 1.54) is 15.3 Å². The maximum absolute atomic E-state index is 5.63. The van der Waals surface area contributed by atoms with Crippen molar-refractivity contribution in [3.8, 4) is 0 Å². The molecule has 0 saturated carbocycles. The monoisotopic (exact) mass is 224 g/mol. The first-order valence-electron chi connectivity index (χ1n) is 5.32. The molecule has 1 aromatic rings. The third-order valence-corrected chi connectivity index (χ3v) is 3.62. The van der Waals surface area contributed by atoms with Crippen LogP contribution in [0.4, 0.5) is 0 Å². The Hall–Kier alpha value is -0.640. The molecule has 0 aromatic carbocycles. The predicted molar refractivity (Wildman–Crippen MR) is 68.1 cm³/mol. The largest absolute Gasteiger partial charge is 0.326 e. The summed E-state index contributed by atoms with van der Waals surface area (Å²) in [6.07, 6.45) is 1.95. The SMILES string of the molecule is C=CCN(CC)Cc1cc(CN)sc1C. The molecule has 0 amide bonds. The Balaban J connectivity index is 2.69. The normalized spacial score (nSPS) is 10.9. The summed E-state index contributed by atoms with van der Waals surface area (Å²) < 4.78 is 0. The second kappa shape index (κ2) is 6.05. The average Bonchev–Trinajstić information content (AvgIpc) is 2.59. The third kappa shape index (κ3) is 3.45. The molecule has 0 radical (unpaired) electrons. The molecule has 0 saturated heterocycles. The van der Waals surface area contributed by atoms with Gasteiger partial charge in [-0.25, -0.2) is 0 Å². The molecule has 3 heteroatoms. The molecule has 15 heavy (non-hydrogen) atoms. The molecule has 0 unspecified atom stereocenters. The van der Waals surface area contributed by atoms with Gasteiger partial charge in [0, 0.05) is 29.4 Å². The molecule has 0 aliphatic rings. The maximum atomic E-state index is 5.63. The Morgan fingerprint density at radius 2 is 2.33 bits per heavy atom. The molecule has 0 aliphatic heterocycles. The summed E-state index contributed by atoms with van der Waals surface area (Å²) in [6, 6.07) is 2.23. The predicted octanol–water partition coefficient (Wildman–Crippen LogP) is 2.52. The molecule has 1 heterocycles. The van der Waals surface area contributed by atoms with Crippen LogP contribution in [0.1, 0.15) is 22.2 Å². The van der Waals surface area contributed by atoms with Crippen molar-refractivity contribution < 1.29 is 0 Å². The van der Waals surface area contributed by atoms with Gasteiger partial charge < -0.3 is 5.73 Å². The highest BCUT2D eigenvalue weighted by Crippen LogP contribution is 2.22. The first-order chi connectivity index (χ1) is 7.21. The van der Waals surface area contributed by atoms with Gasteiger partial charge in [0.15, 0.2) is 0 Å². The van der Waals surface area contributed by atoms with Gasteiger partial charge >= 0.3 is 0 Å². The number of nitrogens with zero attached hydrogens (tertiary/aromatic N) is 1. The van der Waals surface area contributed by atoms with Gasteiger partial charge in [0.1, 0.15) is 0 Å². The smallest absolute Gasteiger partial charge is 0.0274 e. The number of rotatable bonds is 6. The lowest BCUT2D eigenvalue weighted by molar-refractivity contribution is 0.311. The molecular weight excluding hydrogens is 204 g/mol. The Bertz CT molecular complexity index is 317. The molecule has 1 rings (SSSR count). The van der Waals surface area contributed by atoms with E-state index in [2.05, 4.69) is 31.4 Å². The Kier molecular flexibility index (Phi) is 5.02. The molecule has 1 aromatic heterocycles. The zero-order chi connectivity index (χ0) is 11.3. The van der Waals surface area contributed by atoms with E-state index in [0.717, 1.165) is 19.6 Å². The summed E-state index contributed by atoms with van der Waals surface area (Å²) in [5.74, 6) is 0. The van der Waals surface area contributed by atoms with Crippen molar-refractivity contribution in [2.45, 2.75) is 26.9 Å². The molecular formula is C12H20N2S. The number of nitrogens with two attached hydrogens (primary N) is 1. The van der Waals surface area contributed by atoms with Crippen LogP contribution in [0.3, 0.4) is 0 Å². The lowest BCUT2D eigenvalue weighted by Gasteiger charge is -2.17. The second-order valence-electron chi connectivity index (χ2n) is 3.61. The number of thiophene rings is 1. The van der Waals surface area contributed by atoms with Crippen LogP contribution in [0.2, 0.25) is 0 Å². The summed E-state index contributed by atoms with van der Waals surface area (Å²) in [5, 5.41) is 0. The van der Waals surface area contributed by atoms with E-state index < -0.39 is 0 Å².